The first-order valence-electron chi connectivity index (χ1n) is 11.1. The molecule has 2 aromatic carbocycles. The summed E-state index contributed by atoms with van der Waals surface area (Å²) >= 11 is 1.50. The number of fused-ring (bicyclic) bond motifs is 2. The Balaban J connectivity index is 1.28. The number of halogens is 3. The molecule has 2 heterocycles. The number of anilines is 1. The lowest BCUT2D eigenvalue weighted by Gasteiger charge is -2.37. The summed E-state index contributed by atoms with van der Waals surface area (Å²) in [6.07, 6.45) is -1.44. The molecule has 5 nitrogen and oxygen atoms in total. The molecule has 1 fully saturated rings. The fourth-order valence-corrected chi connectivity index (χ4v) is 5.38. The highest BCUT2D eigenvalue weighted by Gasteiger charge is 2.34. The van der Waals surface area contributed by atoms with E-state index in [4.69, 9.17) is 0 Å². The quantitative estimate of drug-likeness (QED) is 0.384. The number of nitrogens with zero attached hydrogens (tertiary/aromatic N) is 3. The molecule has 0 aliphatic heterocycles. The summed E-state index contributed by atoms with van der Waals surface area (Å²) in [6.45, 7) is 0. The molecule has 5 rings (SSSR count). The molecular weight excluding hydrogens is 461 g/mol. The normalized spacial score (nSPS) is 18.8. The van der Waals surface area contributed by atoms with E-state index in [1.807, 2.05) is 30.1 Å². The van der Waals surface area contributed by atoms with Crippen LogP contribution in [-0.4, -0.2) is 35.0 Å². The van der Waals surface area contributed by atoms with E-state index in [0.29, 0.717) is 22.2 Å². The molecular formula is C25H23F3N4OS. The zero-order valence-electron chi connectivity index (χ0n) is 18.5. The van der Waals surface area contributed by atoms with E-state index in [1.54, 1.807) is 29.8 Å². The van der Waals surface area contributed by atoms with Crippen molar-refractivity contribution in [1.82, 2.24) is 15.3 Å². The highest BCUT2D eigenvalue weighted by Crippen LogP contribution is 2.36. The van der Waals surface area contributed by atoms with Crippen molar-refractivity contribution in [3.05, 3.63) is 65.3 Å². The Labute approximate surface area is 198 Å². The molecule has 0 bridgehead atoms. The van der Waals surface area contributed by atoms with Crippen LogP contribution < -0.4 is 10.2 Å². The molecule has 34 heavy (non-hydrogen) atoms. The number of benzene rings is 2. The van der Waals surface area contributed by atoms with Gasteiger partial charge in [0.2, 0.25) is 0 Å². The van der Waals surface area contributed by atoms with Gasteiger partial charge in [-0.05, 0) is 56.0 Å². The molecule has 0 saturated heterocycles. The Kier molecular flexibility index (Phi) is 5.89. The SMILES string of the molecule is CN(c1cc(C(F)(F)F)nc2ccccc12)[C@H]1CC[C@@H](NC(=O)c2ccc3ncsc3c2)CC1. The first-order valence-corrected chi connectivity index (χ1v) is 12.0. The lowest BCUT2D eigenvalue weighted by atomic mass is 9.89. The van der Waals surface area contributed by atoms with Gasteiger partial charge in [-0.3, -0.25) is 4.79 Å². The number of pyridine rings is 1. The van der Waals surface area contributed by atoms with E-state index in [9.17, 15) is 18.0 Å². The summed E-state index contributed by atoms with van der Waals surface area (Å²) in [5, 5.41) is 3.82. The van der Waals surface area contributed by atoms with Crippen LogP contribution >= 0.6 is 11.3 Å². The number of para-hydroxylation sites is 1. The third-order valence-electron chi connectivity index (χ3n) is 6.54. The van der Waals surface area contributed by atoms with Crippen molar-refractivity contribution in [3.8, 4) is 0 Å². The number of alkyl halides is 3. The molecule has 1 aliphatic rings. The second-order valence-corrected chi connectivity index (χ2v) is 9.55. The monoisotopic (exact) mass is 484 g/mol. The summed E-state index contributed by atoms with van der Waals surface area (Å²) in [7, 11) is 1.84. The van der Waals surface area contributed by atoms with Crippen molar-refractivity contribution in [3.63, 3.8) is 0 Å². The van der Waals surface area contributed by atoms with E-state index >= 15 is 0 Å². The van der Waals surface area contributed by atoms with E-state index in [2.05, 4.69) is 15.3 Å². The highest BCUT2D eigenvalue weighted by atomic mass is 32.1. The first-order chi connectivity index (χ1) is 16.3. The molecule has 0 atom stereocenters. The zero-order chi connectivity index (χ0) is 23.9. The number of hydrogen-bond donors (Lipinski definition) is 1. The van der Waals surface area contributed by atoms with Crippen molar-refractivity contribution < 1.29 is 18.0 Å². The van der Waals surface area contributed by atoms with Gasteiger partial charge in [0.1, 0.15) is 5.69 Å². The van der Waals surface area contributed by atoms with E-state index in [-0.39, 0.29) is 18.0 Å². The predicted molar refractivity (Wildman–Crippen MR) is 128 cm³/mol. The van der Waals surface area contributed by atoms with Gasteiger partial charge >= 0.3 is 6.18 Å². The van der Waals surface area contributed by atoms with Crippen LogP contribution in [0.15, 0.2) is 54.0 Å². The van der Waals surface area contributed by atoms with Crippen LogP contribution in [0.1, 0.15) is 41.7 Å². The smallest absolute Gasteiger partial charge is 0.371 e. The maximum absolute atomic E-state index is 13.5. The van der Waals surface area contributed by atoms with Crippen LogP contribution in [-0.2, 0) is 6.18 Å². The van der Waals surface area contributed by atoms with Crippen LogP contribution in [0.2, 0.25) is 0 Å². The topological polar surface area (TPSA) is 58.1 Å². The molecule has 4 aromatic rings. The lowest BCUT2D eigenvalue weighted by Crippen LogP contribution is -2.43. The maximum Gasteiger partial charge on any atom is 0.433 e. The van der Waals surface area contributed by atoms with Gasteiger partial charge in [0.15, 0.2) is 0 Å². The number of rotatable bonds is 4. The fraction of sp³-hybridized carbons (Fsp3) is 0.320. The lowest BCUT2D eigenvalue weighted by molar-refractivity contribution is -0.140. The molecule has 1 amide bonds. The predicted octanol–water partition coefficient (Wildman–Crippen LogP) is 6.04. The van der Waals surface area contributed by atoms with Gasteiger partial charge in [0.05, 0.1) is 21.2 Å². The minimum atomic E-state index is -4.51. The summed E-state index contributed by atoms with van der Waals surface area (Å²) in [5.74, 6) is -0.109. The Morgan fingerprint density at radius 3 is 2.59 bits per heavy atom. The minimum Gasteiger partial charge on any atom is -0.371 e. The largest absolute Gasteiger partial charge is 0.433 e. The number of amides is 1. The fourth-order valence-electron chi connectivity index (χ4n) is 4.66. The molecule has 2 aromatic heterocycles. The molecule has 1 saturated carbocycles. The van der Waals surface area contributed by atoms with Gasteiger partial charge in [-0.2, -0.15) is 13.2 Å². The third kappa shape index (κ3) is 4.44. The second-order valence-electron chi connectivity index (χ2n) is 8.67. The summed E-state index contributed by atoms with van der Waals surface area (Å²) in [4.78, 5) is 22.7. The van der Waals surface area contributed by atoms with Crippen LogP contribution in [0.3, 0.4) is 0 Å². The van der Waals surface area contributed by atoms with Crippen molar-refractivity contribution in [2.45, 2.75) is 43.9 Å². The van der Waals surface area contributed by atoms with Gasteiger partial charge in [0, 0.05) is 35.8 Å². The Morgan fingerprint density at radius 2 is 1.82 bits per heavy atom. The van der Waals surface area contributed by atoms with Crippen LogP contribution in [0.5, 0.6) is 0 Å². The standard InChI is InChI=1S/C25H23F3N4OS/c1-32(21-13-23(25(26,27)28)31-19-5-3-2-4-18(19)21)17-9-7-16(8-10-17)30-24(33)15-6-11-20-22(12-15)34-14-29-20/h2-6,11-14,16-17H,7-10H2,1H3,(H,30,33)/t16-,17+. The van der Waals surface area contributed by atoms with Crippen molar-refractivity contribution in [1.29, 1.82) is 0 Å². The Morgan fingerprint density at radius 1 is 1.06 bits per heavy atom. The van der Waals surface area contributed by atoms with Crippen LogP contribution in [0.4, 0.5) is 18.9 Å². The average Bonchev–Trinajstić information content (AvgIpc) is 3.31. The van der Waals surface area contributed by atoms with Gasteiger partial charge in [-0.1, -0.05) is 18.2 Å². The molecule has 176 valence electrons. The average molecular weight is 485 g/mol. The van der Waals surface area contributed by atoms with Gasteiger partial charge < -0.3 is 10.2 Å². The van der Waals surface area contributed by atoms with Crippen molar-refractivity contribution in [2.24, 2.45) is 0 Å². The molecule has 1 aliphatic carbocycles. The number of hydrogen-bond acceptors (Lipinski definition) is 5. The van der Waals surface area contributed by atoms with Crippen LogP contribution in [0.25, 0.3) is 21.1 Å². The van der Waals surface area contributed by atoms with Gasteiger partial charge in [0.25, 0.3) is 5.91 Å². The Hall–Kier alpha value is -3.20. The van der Waals surface area contributed by atoms with Crippen molar-refractivity contribution in [2.75, 3.05) is 11.9 Å². The number of carbonyl (C=O) groups excluding carboxylic acids is 1. The number of aromatic nitrogens is 2. The van der Waals surface area contributed by atoms with Crippen molar-refractivity contribution >= 4 is 44.1 Å². The summed E-state index contributed by atoms with van der Waals surface area (Å²) in [6, 6.07) is 13.7. The Bertz CT molecular complexity index is 1350. The molecule has 0 radical (unpaired) electrons. The zero-order valence-corrected chi connectivity index (χ0v) is 19.3. The maximum atomic E-state index is 13.5. The highest BCUT2D eigenvalue weighted by molar-refractivity contribution is 7.16. The van der Waals surface area contributed by atoms with Gasteiger partial charge in [-0.25, -0.2) is 9.97 Å². The first kappa shape index (κ1) is 22.6. The molecule has 1 N–H and O–H groups in total. The van der Waals surface area contributed by atoms with Gasteiger partial charge in [-0.15, -0.1) is 11.3 Å². The number of nitrogens with one attached hydrogen (secondary N) is 1. The summed E-state index contributed by atoms with van der Waals surface area (Å²) in [5.41, 5.74) is 3.22. The molecule has 0 unspecified atom stereocenters. The minimum absolute atomic E-state index is 0.0363. The van der Waals surface area contributed by atoms with E-state index in [0.717, 1.165) is 42.0 Å². The third-order valence-corrected chi connectivity index (χ3v) is 7.33. The second kappa shape index (κ2) is 8.87. The number of carbonyl (C=O) groups is 1. The summed E-state index contributed by atoms with van der Waals surface area (Å²) < 4.78 is 41.3. The molecule has 9 heteroatoms. The van der Waals surface area contributed by atoms with E-state index < -0.39 is 11.9 Å². The van der Waals surface area contributed by atoms with E-state index in [1.165, 1.54) is 11.3 Å². The van der Waals surface area contributed by atoms with Crippen LogP contribution in [0, 0.1) is 0 Å². The molecule has 0 spiro atoms. The number of thiazole rings is 1.